The Morgan fingerprint density at radius 2 is 1.75 bits per heavy atom. The first-order chi connectivity index (χ1) is 9.45. The van der Waals surface area contributed by atoms with Gasteiger partial charge >= 0.3 is 0 Å². The topological polar surface area (TPSA) is 87.1 Å². The van der Waals surface area contributed by atoms with E-state index in [1.54, 1.807) is 12.1 Å². The van der Waals surface area contributed by atoms with Crippen molar-refractivity contribution in [2.24, 2.45) is 0 Å². The number of phenolic OH excluding ortho intramolecular Hbond substituents is 1. The van der Waals surface area contributed by atoms with Gasteiger partial charge in [-0.1, -0.05) is 6.07 Å². The molecule has 0 fully saturated rings. The molecule has 1 amide bonds. The van der Waals surface area contributed by atoms with Crippen LogP contribution in [0.4, 0.5) is 5.95 Å². The lowest BCUT2D eigenvalue weighted by atomic mass is 10.1. The maximum absolute atomic E-state index is 11.9. The second kappa shape index (κ2) is 5.56. The Balaban J connectivity index is 2.08. The van der Waals surface area contributed by atoms with Gasteiger partial charge in [0.05, 0.1) is 5.56 Å². The van der Waals surface area contributed by atoms with Gasteiger partial charge in [0.1, 0.15) is 5.75 Å². The first kappa shape index (κ1) is 13.8. The summed E-state index contributed by atoms with van der Waals surface area (Å²) in [6, 6.07) is 6.67. The average Bonchev–Trinajstić information content (AvgIpc) is 2.35. The van der Waals surface area contributed by atoms with E-state index < -0.39 is 5.91 Å². The number of aromatic hydroxyl groups is 1. The van der Waals surface area contributed by atoms with E-state index in [1.807, 2.05) is 26.8 Å². The Bertz CT molecular complexity index is 635. The van der Waals surface area contributed by atoms with Gasteiger partial charge in [-0.05, 0) is 44.5 Å². The van der Waals surface area contributed by atoms with Gasteiger partial charge in [-0.25, -0.2) is 9.97 Å². The third-order valence-corrected chi connectivity index (χ3v) is 2.67. The van der Waals surface area contributed by atoms with Crippen molar-refractivity contribution in [3.05, 3.63) is 46.8 Å². The maximum atomic E-state index is 11.9. The molecule has 0 unspecified atom stereocenters. The zero-order valence-electron chi connectivity index (χ0n) is 11.6. The number of nitrogens with zero attached hydrogens (tertiary/aromatic N) is 2. The number of anilines is 1. The van der Waals surface area contributed by atoms with Crippen LogP contribution in [-0.2, 0) is 0 Å². The third kappa shape index (κ3) is 3.23. The highest BCUT2D eigenvalue weighted by Crippen LogP contribution is 2.18. The molecular weight excluding hydrogens is 256 g/mol. The van der Waals surface area contributed by atoms with E-state index >= 15 is 0 Å². The predicted molar refractivity (Wildman–Crippen MR) is 75.4 cm³/mol. The van der Waals surface area contributed by atoms with Crippen LogP contribution in [0.25, 0.3) is 0 Å². The van der Waals surface area contributed by atoms with Gasteiger partial charge in [0.25, 0.3) is 5.91 Å². The molecule has 0 aliphatic heterocycles. The zero-order valence-corrected chi connectivity index (χ0v) is 11.6. The molecule has 1 aromatic carbocycles. The van der Waals surface area contributed by atoms with Crippen molar-refractivity contribution in [1.82, 2.24) is 15.4 Å². The Morgan fingerprint density at radius 3 is 2.35 bits per heavy atom. The number of nitrogens with one attached hydrogen (secondary N) is 2. The number of benzene rings is 1. The van der Waals surface area contributed by atoms with Crippen LogP contribution in [0.3, 0.4) is 0 Å². The first-order valence-corrected chi connectivity index (χ1v) is 6.14. The number of hydrogen-bond donors (Lipinski definition) is 3. The Kier molecular flexibility index (Phi) is 3.84. The number of rotatable bonds is 3. The molecule has 0 radical (unpaired) electrons. The van der Waals surface area contributed by atoms with Crippen molar-refractivity contribution in [2.45, 2.75) is 20.8 Å². The average molecular weight is 272 g/mol. The van der Waals surface area contributed by atoms with Gasteiger partial charge in [-0.3, -0.25) is 15.6 Å². The van der Waals surface area contributed by atoms with Gasteiger partial charge in [-0.15, -0.1) is 0 Å². The fraction of sp³-hybridized carbons (Fsp3) is 0.214. The van der Waals surface area contributed by atoms with Crippen molar-refractivity contribution >= 4 is 11.9 Å². The summed E-state index contributed by atoms with van der Waals surface area (Å²) in [5, 5.41) is 9.73. The Hall–Kier alpha value is -2.63. The maximum Gasteiger partial charge on any atom is 0.273 e. The standard InChI is InChI=1S/C14H16N4O2/c1-8-4-5-11(12(19)6-8)13(20)17-18-14-15-9(2)7-10(3)16-14/h4-7,19H,1-3H3,(H,17,20)(H,15,16,18). The molecular formula is C14H16N4O2. The van der Waals surface area contributed by atoms with Crippen LogP contribution in [0, 0.1) is 20.8 Å². The van der Waals surface area contributed by atoms with E-state index in [-0.39, 0.29) is 11.3 Å². The van der Waals surface area contributed by atoms with E-state index in [0.717, 1.165) is 17.0 Å². The van der Waals surface area contributed by atoms with Crippen LogP contribution in [0.1, 0.15) is 27.3 Å². The summed E-state index contributed by atoms with van der Waals surface area (Å²) in [7, 11) is 0. The van der Waals surface area contributed by atoms with Crippen molar-refractivity contribution in [3.63, 3.8) is 0 Å². The van der Waals surface area contributed by atoms with Crippen LogP contribution in [-0.4, -0.2) is 21.0 Å². The number of amides is 1. The minimum atomic E-state index is -0.453. The van der Waals surface area contributed by atoms with E-state index in [1.165, 1.54) is 6.07 Å². The molecule has 2 rings (SSSR count). The zero-order chi connectivity index (χ0) is 14.7. The molecule has 3 N–H and O–H groups in total. The molecule has 6 heteroatoms. The molecule has 20 heavy (non-hydrogen) atoms. The molecule has 1 aromatic heterocycles. The molecule has 0 aliphatic rings. The highest BCUT2D eigenvalue weighted by molar-refractivity contribution is 5.97. The van der Waals surface area contributed by atoms with Crippen LogP contribution in [0.2, 0.25) is 0 Å². The van der Waals surface area contributed by atoms with Gasteiger partial charge in [0, 0.05) is 11.4 Å². The first-order valence-electron chi connectivity index (χ1n) is 6.14. The predicted octanol–water partition coefficient (Wildman–Crippen LogP) is 1.86. The molecule has 2 aromatic rings. The molecule has 0 saturated heterocycles. The van der Waals surface area contributed by atoms with E-state index in [9.17, 15) is 9.90 Å². The van der Waals surface area contributed by atoms with E-state index in [4.69, 9.17) is 0 Å². The summed E-state index contributed by atoms with van der Waals surface area (Å²) in [4.78, 5) is 20.2. The minimum Gasteiger partial charge on any atom is -0.507 e. The quantitative estimate of drug-likeness (QED) is 0.742. The van der Waals surface area contributed by atoms with E-state index in [0.29, 0.717) is 5.95 Å². The second-order valence-electron chi connectivity index (χ2n) is 4.57. The summed E-state index contributed by atoms with van der Waals surface area (Å²) < 4.78 is 0. The lowest BCUT2D eigenvalue weighted by Crippen LogP contribution is -2.30. The fourth-order valence-corrected chi connectivity index (χ4v) is 1.80. The lowest BCUT2D eigenvalue weighted by molar-refractivity contribution is 0.0959. The van der Waals surface area contributed by atoms with Crippen LogP contribution < -0.4 is 10.9 Å². The monoisotopic (exact) mass is 272 g/mol. The fourth-order valence-electron chi connectivity index (χ4n) is 1.80. The normalized spacial score (nSPS) is 10.2. The number of carbonyl (C=O) groups excluding carboxylic acids is 1. The summed E-state index contributed by atoms with van der Waals surface area (Å²) in [5.74, 6) is -0.210. The molecule has 0 saturated carbocycles. The number of phenols is 1. The van der Waals surface area contributed by atoms with Crippen LogP contribution in [0.5, 0.6) is 5.75 Å². The molecule has 1 heterocycles. The van der Waals surface area contributed by atoms with Gasteiger partial charge in [-0.2, -0.15) is 0 Å². The SMILES string of the molecule is Cc1ccc(C(=O)NNc2nc(C)cc(C)n2)c(O)c1. The van der Waals surface area contributed by atoms with Crippen LogP contribution in [0.15, 0.2) is 24.3 Å². The Morgan fingerprint density at radius 1 is 1.10 bits per heavy atom. The molecule has 0 atom stereocenters. The van der Waals surface area contributed by atoms with Crippen molar-refractivity contribution < 1.29 is 9.90 Å². The molecule has 0 bridgehead atoms. The summed E-state index contributed by atoms with van der Waals surface area (Å²) in [6.45, 7) is 5.52. The number of hydrogen-bond acceptors (Lipinski definition) is 5. The third-order valence-electron chi connectivity index (χ3n) is 2.67. The van der Waals surface area contributed by atoms with Gasteiger partial charge < -0.3 is 5.11 Å². The second-order valence-corrected chi connectivity index (χ2v) is 4.57. The molecule has 6 nitrogen and oxygen atoms in total. The van der Waals surface area contributed by atoms with Gasteiger partial charge in [0.2, 0.25) is 5.95 Å². The minimum absolute atomic E-state index is 0.0642. The Labute approximate surface area is 116 Å². The highest BCUT2D eigenvalue weighted by Gasteiger charge is 2.11. The number of aromatic nitrogens is 2. The smallest absolute Gasteiger partial charge is 0.273 e. The van der Waals surface area contributed by atoms with Crippen molar-refractivity contribution in [3.8, 4) is 5.75 Å². The number of aryl methyl sites for hydroxylation is 3. The summed E-state index contributed by atoms with van der Waals surface area (Å²) in [6.07, 6.45) is 0. The van der Waals surface area contributed by atoms with Crippen molar-refractivity contribution in [2.75, 3.05) is 5.43 Å². The molecule has 0 spiro atoms. The van der Waals surface area contributed by atoms with Gasteiger partial charge in [0.15, 0.2) is 0 Å². The molecule has 0 aliphatic carbocycles. The lowest BCUT2D eigenvalue weighted by Gasteiger charge is -2.09. The number of hydrazine groups is 1. The molecule has 104 valence electrons. The van der Waals surface area contributed by atoms with E-state index in [2.05, 4.69) is 20.8 Å². The largest absolute Gasteiger partial charge is 0.507 e. The number of carbonyl (C=O) groups is 1. The summed E-state index contributed by atoms with van der Waals surface area (Å²) in [5.41, 5.74) is 7.75. The van der Waals surface area contributed by atoms with Crippen molar-refractivity contribution in [1.29, 1.82) is 0 Å². The summed E-state index contributed by atoms with van der Waals surface area (Å²) >= 11 is 0. The van der Waals surface area contributed by atoms with Crippen LogP contribution >= 0.6 is 0 Å². The highest BCUT2D eigenvalue weighted by atomic mass is 16.3.